The Hall–Kier alpha value is -2.13. The van der Waals surface area contributed by atoms with E-state index in [1.165, 1.54) is 48.1 Å². The predicted octanol–water partition coefficient (Wildman–Crippen LogP) is 7.77. The highest BCUT2D eigenvalue weighted by Crippen LogP contribution is 2.49. The van der Waals surface area contributed by atoms with Gasteiger partial charge in [-0.25, -0.2) is 0 Å². The van der Waals surface area contributed by atoms with Gasteiger partial charge in [0.05, 0.1) is 0 Å². The summed E-state index contributed by atoms with van der Waals surface area (Å²) in [6, 6.07) is 20.4. The van der Waals surface area contributed by atoms with Crippen LogP contribution >= 0.6 is 22.6 Å². The molecule has 0 heterocycles. The standard InChI is InChI=1S/C26H23I/c1-5-6-7-18-8-9-19(14-17(18)2)20-10-12-22-23-13-11-21(27)16-25(23)26(3,4)24(22)15-20/h5-16H,1H2,2-4H3/b7-6-. The average molecular weight is 462 g/mol. The van der Waals surface area contributed by atoms with Crippen LogP contribution in [0.4, 0.5) is 0 Å². The van der Waals surface area contributed by atoms with E-state index >= 15 is 0 Å². The number of hydrogen-bond acceptors (Lipinski definition) is 0. The third-order valence-corrected chi connectivity index (χ3v) is 6.32. The molecule has 0 fully saturated rings. The molecule has 27 heavy (non-hydrogen) atoms. The molecule has 1 heteroatoms. The Bertz CT molecular complexity index is 1080. The highest BCUT2D eigenvalue weighted by molar-refractivity contribution is 14.1. The summed E-state index contributed by atoms with van der Waals surface area (Å²) in [7, 11) is 0. The Morgan fingerprint density at radius 2 is 1.48 bits per heavy atom. The van der Waals surface area contributed by atoms with Gasteiger partial charge in [-0.15, -0.1) is 0 Å². The molecule has 0 N–H and O–H groups in total. The van der Waals surface area contributed by atoms with E-state index in [0.717, 1.165) is 0 Å². The summed E-state index contributed by atoms with van der Waals surface area (Å²) in [6.07, 6.45) is 5.91. The molecule has 1 aliphatic carbocycles. The zero-order valence-electron chi connectivity index (χ0n) is 16.0. The van der Waals surface area contributed by atoms with Crippen molar-refractivity contribution in [1.29, 1.82) is 0 Å². The second kappa shape index (κ2) is 6.79. The molecule has 0 atom stereocenters. The maximum absolute atomic E-state index is 3.75. The van der Waals surface area contributed by atoms with Gasteiger partial charge in [-0.2, -0.15) is 0 Å². The van der Waals surface area contributed by atoms with Crippen LogP contribution in [-0.4, -0.2) is 0 Å². The monoisotopic (exact) mass is 462 g/mol. The number of allylic oxidation sites excluding steroid dienone is 2. The lowest BCUT2D eigenvalue weighted by molar-refractivity contribution is 0.660. The predicted molar refractivity (Wildman–Crippen MR) is 126 cm³/mol. The van der Waals surface area contributed by atoms with Crippen molar-refractivity contribution >= 4 is 28.7 Å². The van der Waals surface area contributed by atoms with Gasteiger partial charge >= 0.3 is 0 Å². The van der Waals surface area contributed by atoms with Gasteiger partial charge in [0, 0.05) is 8.99 Å². The normalized spacial score (nSPS) is 14.2. The van der Waals surface area contributed by atoms with Crippen molar-refractivity contribution in [2.45, 2.75) is 26.2 Å². The van der Waals surface area contributed by atoms with Crippen molar-refractivity contribution in [3.8, 4) is 22.3 Å². The summed E-state index contributed by atoms with van der Waals surface area (Å²) in [5, 5.41) is 0. The minimum absolute atomic E-state index is 0.0313. The first-order valence-corrected chi connectivity index (χ1v) is 10.3. The molecular weight excluding hydrogens is 439 g/mol. The quantitative estimate of drug-likeness (QED) is 0.276. The summed E-state index contributed by atoms with van der Waals surface area (Å²) in [5.41, 5.74) is 10.7. The van der Waals surface area contributed by atoms with Gasteiger partial charge in [0.25, 0.3) is 0 Å². The van der Waals surface area contributed by atoms with Crippen LogP contribution in [0.2, 0.25) is 0 Å². The minimum atomic E-state index is 0.0313. The third-order valence-electron chi connectivity index (χ3n) is 5.65. The van der Waals surface area contributed by atoms with Crippen LogP contribution in [0.1, 0.15) is 36.1 Å². The summed E-state index contributed by atoms with van der Waals surface area (Å²) < 4.78 is 1.30. The summed E-state index contributed by atoms with van der Waals surface area (Å²) in [4.78, 5) is 0. The average Bonchev–Trinajstić information content (AvgIpc) is 2.87. The van der Waals surface area contributed by atoms with Gasteiger partial charge in [0.2, 0.25) is 0 Å². The molecule has 0 aromatic heterocycles. The molecule has 1 aliphatic rings. The van der Waals surface area contributed by atoms with Gasteiger partial charge < -0.3 is 0 Å². The maximum atomic E-state index is 3.75. The van der Waals surface area contributed by atoms with E-state index in [2.05, 4.69) is 111 Å². The van der Waals surface area contributed by atoms with Crippen LogP contribution in [0, 0.1) is 10.5 Å². The van der Waals surface area contributed by atoms with Crippen LogP contribution in [0.15, 0.2) is 73.3 Å². The minimum Gasteiger partial charge on any atom is -0.0991 e. The first-order chi connectivity index (χ1) is 12.9. The van der Waals surface area contributed by atoms with Gasteiger partial charge in [-0.1, -0.05) is 75.1 Å². The van der Waals surface area contributed by atoms with Crippen molar-refractivity contribution in [2.24, 2.45) is 0 Å². The number of benzene rings is 3. The lowest BCUT2D eigenvalue weighted by Crippen LogP contribution is -2.15. The van der Waals surface area contributed by atoms with E-state index in [1.54, 1.807) is 0 Å². The van der Waals surface area contributed by atoms with E-state index in [1.807, 2.05) is 12.2 Å². The van der Waals surface area contributed by atoms with Crippen molar-refractivity contribution in [3.05, 3.63) is 99.2 Å². The fourth-order valence-electron chi connectivity index (χ4n) is 4.10. The van der Waals surface area contributed by atoms with E-state index in [4.69, 9.17) is 0 Å². The summed E-state index contributed by atoms with van der Waals surface area (Å²) in [6.45, 7) is 10.6. The van der Waals surface area contributed by atoms with E-state index in [-0.39, 0.29) is 5.41 Å². The highest BCUT2D eigenvalue weighted by Gasteiger charge is 2.35. The molecule has 0 bridgehead atoms. The maximum Gasteiger partial charge on any atom is 0.0159 e. The van der Waals surface area contributed by atoms with Crippen molar-refractivity contribution < 1.29 is 0 Å². The van der Waals surface area contributed by atoms with Gasteiger partial charge in [0.15, 0.2) is 0 Å². The molecule has 4 rings (SSSR count). The Morgan fingerprint density at radius 3 is 2.19 bits per heavy atom. The smallest absolute Gasteiger partial charge is 0.0159 e. The summed E-state index contributed by atoms with van der Waals surface area (Å²) in [5.74, 6) is 0. The van der Waals surface area contributed by atoms with Crippen LogP contribution in [0.25, 0.3) is 28.3 Å². The van der Waals surface area contributed by atoms with E-state index in [9.17, 15) is 0 Å². The Labute approximate surface area is 175 Å². The highest BCUT2D eigenvalue weighted by atomic mass is 127. The van der Waals surface area contributed by atoms with Gasteiger partial charge in [-0.3, -0.25) is 0 Å². The number of hydrogen-bond donors (Lipinski definition) is 0. The number of rotatable bonds is 3. The van der Waals surface area contributed by atoms with Crippen LogP contribution in [-0.2, 0) is 5.41 Å². The van der Waals surface area contributed by atoms with Crippen LogP contribution < -0.4 is 0 Å². The SMILES string of the molecule is C=C/C=C\c1ccc(-c2ccc3c(c2)C(C)(C)c2cc(I)ccc2-3)cc1C. The van der Waals surface area contributed by atoms with Crippen molar-refractivity contribution in [1.82, 2.24) is 0 Å². The molecule has 0 saturated carbocycles. The van der Waals surface area contributed by atoms with Crippen LogP contribution in [0.3, 0.4) is 0 Å². The Kier molecular flexibility index (Phi) is 4.59. The molecule has 0 spiro atoms. The largest absolute Gasteiger partial charge is 0.0991 e. The molecule has 0 nitrogen and oxygen atoms in total. The molecular formula is C26H23I. The lowest BCUT2D eigenvalue weighted by atomic mass is 9.81. The molecule has 134 valence electrons. The van der Waals surface area contributed by atoms with E-state index in [0.29, 0.717) is 0 Å². The van der Waals surface area contributed by atoms with E-state index < -0.39 is 0 Å². The molecule has 0 amide bonds. The fraction of sp³-hybridized carbons (Fsp3) is 0.154. The first kappa shape index (κ1) is 18.2. The molecule has 0 saturated heterocycles. The Morgan fingerprint density at radius 1 is 0.852 bits per heavy atom. The second-order valence-corrected chi connectivity index (χ2v) is 8.99. The topological polar surface area (TPSA) is 0 Å². The zero-order valence-corrected chi connectivity index (χ0v) is 18.2. The molecule has 3 aromatic carbocycles. The summed E-state index contributed by atoms with van der Waals surface area (Å²) >= 11 is 2.41. The lowest BCUT2D eigenvalue weighted by Gasteiger charge is -2.22. The van der Waals surface area contributed by atoms with Crippen molar-refractivity contribution in [2.75, 3.05) is 0 Å². The second-order valence-electron chi connectivity index (χ2n) is 7.74. The molecule has 0 unspecified atom stereocenters. The first-order valence-electron chi connectivity index (χ1n) is 9.27. The number of aryl methyl sites for hydroxylation is 1. The molecule has 0 radical (unpaired) electrons. The number of halogens is 1. The third kappa shape index (κ3) is 3.08. The molecule has 0 aliphatic heterocycles. The van der Waals surface area contributed by atoms with Crippen LogP contribution in [0.5, 0.6) is 0 Å². The van der Waals surface area contributed by atoms with Gasteiger partial charge in [-0.05, 0) is 92.2 Å². The number of fused-ring (bicyclic) bond motifs is 3. The Balaban J connectivity index is 1.80. The van der Waals surface area contributed by atoms with Gasteiger partial charge in [0.1, 0.15) is 0 Å². The molecule has 3 aromatic rings. The zero-order chi connectivity index (χ0) is 19.2. The van der Waals surface area contributed by atoms with Crippen molar-refractivity contribution in [3.63, 3.8) is 0 Å². The fourth-order valence-corrected chi connectivity index (χ4v) is 4.59.